The highest BCUT2D eigenvalue weighted by Gasteiger charge is 2.22. The summed E-state index contributed by atoms with van der Waals surface area (Å²) >= 11 is 0. The molecule has 0 saturated heterocycles. The van der Waals surface area contributed by atoms with Gasteiger partial charge in [-0.15, -0.1) is 5.10 Å². The molecule has 0 aliphatic carbocycles. The Morgan fingerprint density at radius 1 is 1.06 bits per heavy atom. The van der Waals surface area contributed by atoms with E-state index in [0.29, 0.717) is 0 Å². The van der Waals surface area contributed by atoms with Crippen LogP contribution in [0.3, 0.4) is 0 Å². The lowest BCUT2D eigenvalue weighted by atomic mass is 9.91. The minimum absolute atomic E-state index is 0.0886. The molecule has 0 bridgehead atoms. The summed E-state index contributed by atoms with van der Waals surface area (Å²) in [5.74, 6) is -2.24. The van der Waals surface area contributed by atoms with Crippen LogP contribution in [0.25, 0.3) is 11.1 Å². The van der Waals surface area contributed by atoms with Gasteiger partial charge in [0.1, 0.15) is 11.6 Å². The zero-order valence-electron chi connectivity index (χ0n) is 17.6. The van der Waals surface area contributed by atoms with E-state index in [-0.39, 0.29) is 34.5 Å². The maximum absolute atomic E-state index is 14.9. The highest BCUT2D eigenvalue weighted by atomic mass is 19.1. The fraction of sp³-hybridized carbons (Fsp3) is 0.217. The van der Waals surface area contributed by atoms with Crippen molar-refractivity contribution in [1.29, 1.82) is 0 Å². The summed E-state index contributed by atoms with van der Waals surface area (Å²) in [6, 6.07) is 11.7. The Hall–Kier alpha value is -3.76. The summed E-state index contributed by atoms with van der Waals surface area (Å²) in [5.41, 5.74) is 0.541. The molecule has 3 aromatic rings. The van der Waals surface area contributed by atoms with Gasteiger partial charge in [0.15, 0.2) is 5.82 Å². The first-order valence-electron chi connectivity index (χ1n) is 10.0. The molecular weight excluding hydrogens is 434 g/mol. The van der Waals surface area contributed by atoms with Crippen LogP contribution in [0.2, 0.25) is 0 Å². The van der Waals surface area contributed by atoms with Gasteiger partial charge < -0.3 is 15.3 Å². The normalized spacial score (nSPS) is 13.1. The van der Waals surface area contributed by atoms with Crippen LogP contribution >= 0.6 is 0 Å². The SMILES string of the molecule is Cn1nnnc1C(/C=C/C(O)CC(O)CC(=O)O)=C(c1ccccc1F)c1ccccc1F. The standard InChI is InChI=1S/C23H22F2N4O4/c1-29-23(26-27-28-29)18(11-10-14(30)12-15(31)13-21(32)33)22(16-6-2-4-8-19(16)24)17-7-3-5-9-20(17)25/h2-11,14-15,30-31H,12-13H2,1H3,(H,32,33)/b11-10+. The van der Waals surface area contributed by atoms with Gasteiger partial charge in [0.2, 0.25) is 0 Å². The number of benzene rings is 2. The number of aromatic nitrogens is 4. The number of allylic oxidation sites excluding steroid dienone is 2. The molecule has 33 heavy (non-hydrogen) atoms. The molecule has 0 fully saturated rings. The Balaban J connectivity index is 2.19. The van der Waals surface area contributed by atoms with Crippen LogP contribution in [0, 0.1) is 11.6 Å². The van der Waals surface area contributed by atoms with Crippen LogP contribution in [-0.2, 0) is 11.8 Å². The first kappa shape index (κ1) is 23.9. The second-order valence-corrected chi connectivity index (χ2v) is 7.29. The fourth-order valence-electron chi connectivity index (χ4n) is 3.34. The molecule has 3 N–H and O–H groups in total. The van der Waals surface area contributed by atoms with Crippen LogP contribution in [0.1, 0.15) is 29.8 Å². The molecule has 1 aromatic heterocycles. The number of hydrogen-bond donors (Lipinski definition) is 3. The lowest BCUT2D eigenvalue weighted by molar-refractivity contribution is -0.139. The first-order valence-corrected chi connectivity index (χ1v) is 10.0. The van der Waals surface area contributed by atoms with E-state index in [2.05, 4.69) is 15.5 Å². The monoisotopic (exact) mass is 456 g/mol. The van der Waals surface area contributed by atoms with Gasteiger partial charge in [-0.2, -0.15) is 0 Å². The minimum Gasteiger partial charge on any atom is -0.481 e. The summed E-state index contributed by atoms with van der Waals surface area (Å²) in [7, 11) is 1.55. The Morgan fingerprint density at radius 2 is 1.64 bits per heavy atom. The van der Waals surface area contributed by atoms with Gasteiger partial charge in [-0.05, 0) is 22.6 Å². The summed E-state index contributed by atoms with van der Waals surface area (Å²) in [4.78, 5) is 10.8. The van der Waals surface area contributed by atoms with Crippen molar-refractivity contribution in [3.63, 3.8) is 0 Å². The molecule has 2 atom stereocenters. The summed E-state index contributed by atoms with van der Waals surface area (Å²) < 4.78 is 31.1. The van der Waals surface area contributed by atoms with Crippen molar-refractivity contribution < 1.29 is 28.9 Å². The Labute approximate surface area is 188 Å². The Bertz CT molecular complexity index is 1140. The molecule has 0 spiro atoms. The Kier molecular flexibility index (Phi) is 7.75. The number of halogens is 2. The molecule has 0 aliphatic heterocycles. The first-order chi connectivity index (χ1) is 15.8. The maximum Gasteiger partial charge on any atom is 0.305 e. The van der Waals surface area contributed by atoms with E-state index in [9.17, 15) is 23.8 Å². The topological polar surface area (TPSA) is 121 Å². The van der Waals surface area contributed by atoms with Crippen molar-refractivity contribution in [3.05, 3.63) is 89.3 Å². The molecule has 8 nitrogen and oxygen atoms in total. The number of nitrogens with zero attached hydrogens (tertiary/aromatic N) is 4. The maximum atomic E-state index is 14.9. The number of rotatable bonds is 9. The van der Waals surface area contributed by atoms with Crippen molar-refractivity contribution in [2.45, 2.75) is 25.0 Å². The van der Waals surface area contributed by atoms with E-state index in [1.54, 1.807) is 19.2 Å². The zero-order valence-corrected chi connectivity index (χ0v) is 17.6. The smallest absolute Gasteiger partial charge is 0.305 e. The summed E-state index contributed by atoms with van der Waals surface area (Å²) in [6.45, 7) is 0. The third kappa shape index (κ3) is 5.93. The number of carbonyl (C=O) groups is 1. The second kappa shape index (κ2) is 10.7. The number of hydrogen-bond acceptors (Lipinski definition) is 6. The predicted octanol–water partition coefficient (Wildman–Crippen LogP) is 2.59. The van der Waals surface area contributed by atoms with Gasteiger partial charge in [0.05, 0.1) is 18.6 Å². The fourth-order valence-corrected chi connectivity index (χ4v) is 3.34. The van der Waals surface area contributed by atoms with E-state index >= 15 is 0 Å². The predicted molar refractivity (Wildman–Crippen MR) is 116 cm³/mol. The van der Waals surface area contributed by atoms with Crippen molar-refractivity contribution in [2.24, 2.45) is 7.05 Å². The minimum atomic E-state index is -1.27. The highest BCUT2D eigenvalue weighted by molar-refractivity contribution is 6.01. The van der Waals surface area contributed by atoms with Crippen molar-refractivity contribution in [1.82, 2.24) is 20.2 Å². The Morgan fingerprint density at radius 3 is 2.12 bits per heavy atom. The van der Waals surface area contributed by atoms with Gasteiger partial charge in [0.25, 0.3) is 0 Å². The molecule has 1 heterocycles. The van der Waals surface area contributed by atoms with Gasteiger partial charge >= 0.3 is 5.97 Å². The summed E-state index contributed by atoms with van der Waals surface area (Å²) in [6.07, 6.45) is -0.602. The molecule has 0 radical (unpaired) electrons. The molecule has 3 rings (SSSR count). The van der Waals surface area contributed by atoms with E-state index in [1.165, 1.54) is 53.2 Å². The lowest BCUT2D eigenvalue weighted by Gasteiger charge is -2.16. The number of aliphatic carboxylic acids is 1. The van der Waals surface area contributed by atoms with Crippen molar-refractivity contribution in [2.75, 3.05) is 0 Å². The van der Waals surface area contributed by atoms with Crippen LogP contribution in [-0.4, -0.2) is 53.7 Å². The van der Waals surface area contributed by atoms with Crippen molar-refractivity contribution >= 4 is 17.1 Å². The molecule has 2 unspecified atom stereocenters. The van der Waals surface area contributed by atoms with Crippen LogP contribution in [0.15, 0.2) is 60.7 Å². The second-order valence-electron chi connectivity index (χ2n) is 7.29. The van der Waals surface area contributed by atoms with E-state index < -0.39 is 36.2 Å². The molecule has 0 aliphatic rings. The van der Waals surface area contributed by atoms with E-state index in [0.717, 1.165) is 0 Å². The van der Waals surface area contributed by atoms with Crippen LogP contribution in [0.5, 0.6) is 0 Å². The van der Waals surface area contributed by atoms with Gasteiger partial charge in [-0.25, -0.2) is 13.5 Å². The van der Waals surface area contributed by atoms with Crippen LogP contribution in [0.4, 0.5) is 8.78 Å². The molecule has 2 aromatic carbocycles. The number of aryl methyl sites for hydroxylation is 1. The average Bonchev–Trinajstić information content (AvgIpc) is 3.17. The third-order valence-corrected chi connectivity index (χ3v) is 4.83. The van der Waals surface area contributed by atoms with Crippen molar-refractivity contribution in [3.8, 4) is 0 Å². The average molecular weight is 456 g/mol. The third-order valence-electron chi connectivity index (χ3n) is 4.83. The molecule has 172 valence electrons. The lowest BCUT2D eigenvalue weighted by Crippen LogP contribution is -2.19. The highest BCUT2D eigenvalue weighted by Crippen LogP contribution is 2.35. The van der Waals surface area contributed by atoms with Gasteiger partial charge in [-0.3, -0.25) is 4.79 Å². The number of carboxylic acid groups (broad SMARTS) is 1. The number of carboxylic acids is 1. The summed E-state index contributed by atoms with van der Waals surface area (Å²) in [5, 5.41) is 40.3. The molecule has 10 heteroatoms. The molecular formula is C23H22F2N4O4. The van der Waals surface area contributed by atoms with Gasteiger partial charge in [0, 0.05) is 35.7 Å². The quantitative estimate of drug-likeness (QED) is 0.423. The largest absolute Gasteiger partial charge is 0.481 e. The number of aliphatic hydroxyl groups excluding tert-OH is 2. The van der Waals surface area contributed by atoms with E-state index in [4.69, 9.17) is 5.11 Å². The number of tetrazole rings is 1. The molecule has 0 saturated carbocycles. The van der Waals surface area contributed by atoms with Crippen LogP contribution < -0.4 is 0 Å². The zero-order chi connectivity index (χ0) is 24.0. The number of aliphatic hydroxyl groups is 2. The van der Waals surface area contributed by atoms with E-state index in [1.807, 2.05) is 0 Å². The molecule has 0 amide bonds. The van der Waals surface area contributed by atoms with Gasteiger partial charge in [-0.1, -0.05) is 48.6 Å².